The lowest BCUT2D eigenvalue weighted by Crippen LogP contribution is -2.49. The molecule has 5 heteroatoms. The zero-order valence-corrected chi connectivity index (χ0v) is 13.9. The average Bonchev–Trinajstić information content (AvgIpc) is 2.71. The molecule has 0 unspecified atom stereocenters. The van der Waals surface area contributed by atoms with Crippen molar-refractivity contribution in [1.29, 1.82) is 0 Å². The number of carboxylic acids is 1. The third-order valence-electron chi connectivity index (χ3n) is 5.55. The minimum atomic E-state index is -1.11. The quantitative estimate of drug-likeness (QED) is 0.861. The summed E-state index contributed by atoms with van der Waals surface area (Å²) in [6.45, 7) is 6.74. The van der Waals surface area contributed by atoms with Crippen LogP contribution in [-0.4, -0.2) is 17.7 Å². The van der Waals surface area contributed by atoms with Gasteiger partial charge in [-0.1, -0.05) is 20.8 Å². The number of Topliss-reactive ketones (excluding diaryl/α,β-unsaturated/α-hetero) is 1. The fraction of sp³-hybridized carbons (Fsp3) is 0.500. The fourth-order valence-electron chi connectivity index (χ4n) is 3.34. The van der Waals surface area contributed by atoms with Crippen LogP contribution in [0.5, 0.6) is 0 Å². The maximum atomic E-state index is 12.6. The Morgan fingerprint density at radius 2 is 1.70 bits per heavy atom. The highest BCUT2D eigenvalue weighted by molar-refractivity contribution is 5.96. The highest BCUT2D eigenvalue weighted by Gasteiger charge is 2.54. The number of carboxylic acid groups (broad SMARTS) is 1. The molecule has 1 aromatic rings. The molecule has 1 amide bonds. The molecule has 2 atom stereocenters. The Labute approximate surface area is 136 Å². The molecule has 2 rings (SSSR count). The number of hydrogen-bond donors (Lipinski definition) is 1. The maximum absolute atomic E-state index is 12.6. The van der Waals surface area contributed by atoms with Crippen LogP contribution in [0.4, 0.5) is 5.69 Å². The van der Waals surface area contributed by atoms with Crippen molar-refractivity contribution in [3.8, 4) is 0 Å². The van der Waals surface area contributed by atoms with Gasteiger partial charge in [-0.05, 0) is 49.4 Å². The van der Waals surface area contributed by atoms with Gasteiger partial charge in [-0.25, -0.2) is 0 Å². The first-order valence-corrected chi connectivity index (χ1v) is 7.73. The van der Waals surface area contributed by atoms with Crippen LogP contribution in [0.3, 0.4) is 0 Å². The Hall–Kier alpha value is -2.17. The smallest absolute Gasteiger partial charge is 0.228 e. The molecule has 1 fully saturated rings. The maximum Gasteiger partial charge on any atom is 0.228 e. The molecule has 0 spiro atoms. The Balaban J connectivity index is 2.15. The summed E-state index contributed by atoms with van der Waals surface area (Å²) >= 11 is 0. The van der Waals surface area contributed by atoms with Crippen molar-refractivity contribution in [2.24, 2.45) is 16.7 Å². The van der Waals surface area contributed by atoms with Gasteiger partial charge in [0, 0.05) is 28.6 Å². The third kappa shape index (κ3) is 2.87. The highest BCUT2D eigenvalue weighted by atomic mass is 16.4. The molecule has 0 radical (unpaired) electrons. The van der Waals surface area contributed by atoms with E-state index in [-0.39, 0.29) is 11.7 Å². The molecular weight excluding hydrogens is 294 g/mol. The van der Waals surface area contributed by atoms with E-state index in [2.05, 4.69) is 5.32 Å². The van der Waals surface area contributed by atoms with Crippen LogP contribution in [-0.2, 0) is 9.59 Å². The van der Waals surface area contributed by atoms with Crippen molar-refractivity contribution in [1.82, 2.24) is 0 Å². The van der Waals surface area contributed by atoms with Crippen LogP contribution in [0.1, 0.15) is 50.9 Å². The van der Waals surface area contributed by atoms with E-state index < -0.39 is 22.7 Å². The van der Waals surface area contributed by atoms with Crippen molar-refractivity contribution in [3.63, 3.8) is 0 Å². The lowest BCUT2D eigenvalue weighted by molar-refractivity contribution is -0.323. The number of aliphatic carboxylic acids is 1. The Morgan fingerprint density at radius 3 is 2.13 bits per heavy atom. The zero-order valence-electron chi connectivity index (χ0n) is 13.9. The van der Waals surface area contributed by atoms with Crippen molar-refractivity contribution >= 4 is 23.3 Å². The second-order valence-electron chi connectivity index (χ2n) is 7.06. The van der Waals surface area contributed by atoms with Gasteiger partial charge in [0.1, 0.15) is 0 Å². The van der Waals surface area contributed by atoms with Gasteiger partial charge in [0.05, 0.1) is 0 Å². The van der Waals surface area contributed by atoms with Gasteiger partial charge < -0.3 is 15.2 Å². The predicted octanol–water partition coefficient (Wildman–Crippen LogP) is 2.02. The van der Waals surface area contributed by atoms with E-state index in [1.165, 1.54) is 6.92 Å². The van der Waals surface area contributed by atoms with Gasteiger partial charge in [0.15, 0.2) is 5.78 Å². The van der Waals surface area contributed by atoms with Gasteiger partial charge in [0.2, 0.25) is 5.91 Å². The van der Waals surface area contributed by atoms with Crippen molar-refractivity contribution in [3.05, 3.63) is 29.8 Å². The van der Waals surface area contributed by atoms with Crippen molar-refractivity contribution in [2.45, 2.75) is 40.5 Å². The van der Waals surface area contributed by atoms with Crippen molar-refractivity contribution in [2.75, 3.05) is 5.32 Å². The average molecular weight is 316 g/mol. The van der Waals surface area contributed by atoms with Gasteiger partial charge in [0.25, 0.3) is 0 Å². The first kappa shape index (κ1) is 17.2. The monoisotopic (exact) mass is 316 g/mol. The molecule has 0 saturated heterocycles. The first-order valence-electron chi connectivity index (χ1n) is 7.73. The Bertz CT molecular complexity index is 647. The SMILES string of the molecule is CC(=O)c1ccc(NC(=O)[C@@H]2CC[C@](C)(C(=O)[O-])C2(C)C)cc1. The molecule has 23 heavy (non-hydrogen) atoms. The molecule has 1 aliphatic rings. The lowest BCUT2D eigenvalue weighted by Gasteiger charge is -2.41. The summed E-state index contributed by atoms with van der Waals surface area (Å²) in [7, 11) is 0. The lowest BCUT2D eigenvalue weighted by atomic mass is 9.65. The van der Waals surface area contributed by atoms with Crippen LogP contribution in [0.15, 0.2) is 24.3 Å². The summed E-state index contributed by atoms with van der Waals surface area (Å²) in [6.07, 6.45) is 0.929. The van der Waals surface area contributed by atoms with E-state index in [0.717, 1.165) is 0 Å². The summed E-state index contributed by atoms with van der Waals surface area (Å²) in [5.41, 5.74) is -0.547. The largest absolute Gasteiger partial charge is 0.550 e. The normalized spacial score (nSPS) is 25.8. The minimum absolute atomic E-state index is 0.0375. The first-order chi connectivity index (χ1) is 10.6. The molecule has 1 N–H and O–H groups in total. The second-order valence-corrected chi connectivity index (χ2v) is 7.06. The van der Waals surface area contributed by atoms with E-state index in [1.807, 2.05) is 0 Å². The van der Waals surface area contributed by atoms with E-state index in [0.29, 0.717) is 24.1 Å². The number of ketones is 1. The van der Waals surface area contributed by atoms with Gasteiger partial charge in [-0.15, -0.1) is 0 Å². The molecular formula is C18H22NO4-. The Kier molecular flexibility index (Phi) is 4.33. The van der Waals surface area contributed by atoms with Crippen LogP contribution < -0.4 is 10.4 Å². The second kappa shape index (κ2) is 5.80. The molecule has 0 aliphatic heterocycles. The standard InChI is InChI=1S/C18H23NO4/c1-11(20)12-5-7-13(8-6-12)19-15(21)14-9-10-18(4,16(22)23)17(14,2)3/h5-8,14H,9-10H2,1-4H3,(H,19,21)(H,22,23)/p-1/t14-,18+/m0/s1. The summed E-state index contributed by atoms with van der Waals surface area (Å²) in [4.78, 5) is 35.3. The molecule has 124 valence electrons. The van der Waals surface area contributed by atoms with E-state index in [9.17, 15) is 19.5 Å². The summed E-state index contributed by atoms with van der Waals surface area (Å²) in [6, 6.07) is 6.66. The zero-order chi connectivity index (χ0) is 17.4. The van der Waals surface area contributed by atoms with E-state index >= 15 is 0 Å². The summed E-state index contributed by atoms with van der Waals surface area (Å²) in [5, 5.41) is 14.3. The van der Waals surface area contributed by atoms with Crippen LogP contribution >= 0.6 is 0 Å². The fourth-order valence-corrected chi connectivity index (χ4v) is 3.34. The number of hydrogen-bond acceptors (Lipinski definition) is 4. The number of nitrogens with one attached hydrogen (secondary N) is 1. The predicted molar refractivity (Wildman–Crippen MR) is 84.7 cm³/mol. The number of carbonyl (C=O) groups excluding carboxylic acids is 3. The highest BCUT2D eigenvalue weighted by Crippen LogP contribution is 2.55. The van der Waals surface area contributed by atoms with Gasteiger partial charge in [-0.2, -0.15) is 0 Å². The number of amides is 1. The third-order valence-corrected chi connectivity index (χ3v) is 5.55. The number of rotatable bonds is 4. The van der Waals surface area contributed by atoms with E-state index in [4.69, 9.17) is 0 Å². The minimum Gasteiger partial charge on any atom is -0.550 e. The summed E-state index contributed by atoms with van der Waals surface area (Å²) in [5.74, 6) is -1.75. The number of benzene rings is 1. The molecule has 1 aromatic carbocycles. The van der Waals surface area contributed by atoms with Gasteiger partial charge in [-0.3, -0.25) is 9.59 Å². The van der Waals surface area contributed by atoms with Crippen molar-refractivity contribution < 1.29 is 19.5 Å². The summed E-state index contributed by atoms with van der Waals surface area (Å²) < 4.78 is 0. The molecule has 1 saturated carbocycles. The van der Waals surface area contributed by atoms with Crippen LogP contribution in [0, 0.1) is 16.7 Å². The Morgan fingerprint density at radius 1 is 1.13 bits per heavy atom. The van der Waals surface area contributed by atoms with Crippen LogP contribution in [0.25, 0.3) is 0 Å². The molecule has 5 nitrogen and oxygen atoms in total. The molecule has 1 aliphatic carbocycles. The number of anilines is 1. The van der Waals surface area contributed by atoms with Gasteiger partial charge >= 0.3 is 0 Å². The van der Waals surface area contributed by atoms with Crippen LogP contribution in [0.2, 0.25) is 0 Å². The van der Waals surface area contributed by atoms with E-state index in [1.54, 1.807) is 45.0 Å². The molecule has 0 aromatic heterocycles. The molecule has 0 heterocycles. The topological polar surface area (TPSA) is 86.3 Å². The molecule has 0 bridgehead atoms. The number of carbonyl (C=O) groups is 3.